The maximum absolute atomic E-state index is 8.94. The molecule has 1 rings (SSSR count). The third kappa shape index (κ3) is 4.55. The number of nitrogens with one attached hydrogen (secondary N) is 1. The van der Waals surface area contributed by atoms with E-state index in [1.807, 2.05) is 6.26 Å². The molecule has 0 radical (unpaired) electrons. The summed E-state index contributed by atoms with van der Waals surface area (Å²) in [5.41, 5.74) is 0. The lowest BCUT2D eigenvalue weighted by atomic mass is 10.2. The van der Waals surface area contributed by atoms with Crippen molar-refractivity contribution in [1.82, 2.24) is 9.97 Å². The number of anilines is 1. The Labute approximate surface area is 105 Å². The van der Waals surface area contributed by atoms with Crippen molar-refractivity contribution >= 4 is 29.2 Å². The third-order valence-electron chi connectivity index (χ3n) is 2.00. The van der Waals surface area contributed by atoms with Crippen LogP contribution in [-0.4, -0.2) is 39.7 Å². The molecule has 1 aromatic heterocycles. The molecule has 0 amide bonds. The van der Waals surface area contributed by atoms with Crippen molar-refractivity contribution < 1.29 is 5.11 Å². The second kappa shape index (κ2) is 6.93. The van der Waals surface area contributed by atoms with Gasteiger partial charge in [-0.05, 0) is 19.6 Å². The van der Waals surface area contributed by atoms with Gasteiger partial charge in [0.05, 0.1) is 0 Å². The molecule has 0 aliphatic heterocycles. The van der Waals surface area contributed by atoms with Gasteiger partial charge in [0.15, 0.2) is 0 Å². The number of thioether (sulfide) groups is 1. The van der Waals surface area contributed by atoms with Crippen molar-refractivity contribution in [1.29, 1.82) is 0 Å². The van der Waals surface area contributed by atoms with Crippen LogP contribution in [0.5, 0.6) is 0 Å². The lowest BCUT2D eigenvalue weighted by Gasteiger charge is -2.17. The van der Waals surface area contributed by atoms with Gasteiger partial charge in [0.25, 0.3) is 0 Å². The number of aryl methyl sites for hydroxylation is 1. The van der Waals surface area contributed by atoms with Gasteiger partial charge in [-0.25, -0.2) is 9.97 Å². The maximum Gasteiger partial charge on any atom is 0.134 e. The van der Waals surface area contributed by atoms with E-state index in [2.05, 4.69) is 15.3 Å². The van der Waals surface area contributed by atoms with E-state index in [0.717, 1.165) is 5.75 Å². The Balaban J connectivity index is 2.68. The summed E-state index contributed by atoms with van der Waals surface area (Å²) in [6.45, 7) is 1.96. The van der Waals surface area contributed by atoms with Crippen LogP contribution in [0.25, 0.3) is 0 Å². The molecular formula is C10H16ClN3OS. The van der Waals surface area contributed by atoms with Gasteiger partial charge in [0.1, 0.15) is 16.8 Å². The molecule has 0 aliphatic carbocycles. The first kappa shape index (κ1) is 13.5. The fourth-order valence-corrected chi connectivity index (χ4v) is 2.25. The van der Waals surface area contributed by atoms with Gasteiger partial charge in [0, 0.05) is 24.5 Å². The molecule has 0 aromatic carbocycles. The normalized spacial score (nSPS) is 12.5. The van der Waals surface area contributed by atoms with E-state index >= 15 is 0 Å². The van der Waals surface area contributed by atoms with E-state index in [4.69, 9.17) is 16.7 Å². The first-order valence-corrected chi connectivity index (χ1v) is 6.80. The average Bonchev–Trinajstić information content (AvgIpc) is 2.16. The Kier molecular flexibility index (Phi) is 5.87. The van der Waals surface area contributed by atoms with E-state index in [9.17, 15) is 0 Å². The summed E-state index contributed by atoms with van der Waals surface area (Å²) in [6, 6.07) is 1.89. The largest absolute Gasteiger partial charge is 0.396 e. The van der Waals surface area contributed by atoms with Gasteiger partial charge < -0.3 is 10.4 Å². The zero-order valence-electron chi connectivity index (χ0n) is 9.40. The van der Waals surface area contributed by atoms with Crippen LogP contribution in [0.2, 0.25) is 5.15 Å². The summed E-state index contributed by atoms with van der Waals surface area (Å²) in [4.78, 5) is 8.23. The molecule has 0 bridgehead atoms. The number of rotatable bonds is 6. The molecule has 16 heavy (non-hydrogen) atoms. The minimum absolute atomic E-state index is 0.163. The molecular weight excluding hydrogens is 246 g/mol. The second-order valence-electron chi connectivity index (χ2n) is 3.43. The van der Waals surface area contributed by atoms with Gasteiger partial charge >= 0.3 is 0 Å². The highest BCUT2D eigenvalue weighted by Crippen LogP contribution is 2.14. The van der Waals surface area contributed by atoms with E-state index in [1.165, 1.54) is 0 Å². The van der Waals surface area contributed by atoms with Crippen LogP contribution < -0.4 is 5.32 Å². The van der Waals surface area contributed by atoms with E-state index in [0.29, 0.717) is 23.2 Å². The summed E-state index contributed by atoms with van der Waals surface area (Å²) < 4.78 is 0. The average molecular weight is 262 g/mol. The standard InChI is InChI=1S/C10H16ClN3OS/c1-7-12-9(11)5-10(13-7)14-8(3-4-15)6-16-2/h5,8,15H,3-4,6H2,1-2H3,(H,12,13,14)/t8-/m1/s1. The van der Waals surface area contributed by atoms with Gasteiger partial charge in [0.2, 0.25) is 0 Å². The van der Waals surface area contributed by atoms with Crippen molar-refractivity contribution in [2.75, 3.05) is 23.9 Å². The Morgan fingerprint density at radius 1 is 1.56 bits per heavy atom. The van der Waals surface area contributed by atoms with Crippen LogP contribution in [-0.2, 0) is 0 Å². The smallest absolute Gasteiger partial charge is 0.134 e. The quantitative estimate of drug-likeness (QED) is 0.767. The van der Waals surface area contributed by atoms with Crippen molar-refractivity contribution in [3.05, 3.63) is 17.0 Å². The van der Waals surface area contributed by atoms with Crippen LogP contribution in [0.1, 0.15) is 12.2 Å². The Morgan fingerprint density at radius 3 is 2.88 bits per heavy atom. The topological polar surface area (TPSA) is 58.0 Å². The maximum atomic E-state index is 8.94. The number of aromatic nitrogens is 2. The van der Waals surface area contributed by atoms with Gasteiger partial charge in [-0.15, -0.1) is 0 Å². The number of halogens is 1. The molecule has 0 fully saturated rings. The number of nitrogens with zero attached hydrogens (tertiary/aromatic N) is 2. The monoisotopic (exact) mass is 261 g/mol. The number of aliphatic hydroxyl groups is 1. The molecule has 0 saturated heterocycles. The van der Waals surface area contributed by atoms with Gasteiger partial charge in [-0.3, -0.25) is 0 Å². The predicted octanol–water partition coefficient (Wildman–Crippen LogP) is 1.96. The zero-order chi connectivity index (χ0) is 12.0. The molecule has 0 saturated carbocycles. The van der Waals surface area contributed by atoms with Crippen molar-refractivity contribution in [3.8, 4) is 0 Å². The summed E-state index contributed by atoms with van der Waals surface area (Å²) in [6.07, 6.45) is 2.73. The molecule has 2 N–H and O–H groups in total. The molecule has 1 heterocycles. The first-order chi connectivity index (χ1) is 7.65. The fraction of sp³-hybridized carbons (Fsp3) is 0.600. The van der Waals surface area contributed by atoms with Crippen molar-refractivity contribution in [3.63, 3.8) is 0 Å². The lowest BCUT2D eigenvalue weighted by molar-refractivity contribution is 0.282. The minimum atomic E-state index is 0.163. The molecule has 0 aliphatic rings. The highest BCUT2D eigenvalue weighted by molar-refractivity contribution is 7.98. The second-order valence-corrected chi connectivity index (χ2v) is 4.73. The van der Waals surface area contributed by atoms with E-state index in [1.54, 1.807) is 24.8 Å². The van der Waals surface area contributed by atoms with Crippen LogP contribution in [0.4, 0.5) is 5.82 Å². The lowest BCUT2D eigenvalue weighted by Crippen LogP contribution is -2.24. The SMILES string of the molecule is CSC[C@@H](CCO)Nc1cc(Cl)nc(C)n1. The predicted molar refractivity (Wildman–Crippen MR) is 69.3 cm³/mol. The Hall–Kier alpha value is -0.520. The van der Waals surface area contributed by atoms with Gasteiger partial charge in [-0.1, -0.05) is 11.6 Å². The summed E-state index contributed by atoms with van der Waals surface area (Å²) in [5.74, 6) is 2.27. The number of hydrogen-bond donors (Lipinski definition) is 2. The zero-order valence-corrected chi connectivity index (χ0v) is 11.0. The highest BCUT2D eigenvalue weighted by Gasteiger charge is 2.09. The Bertz CT molecular complexity index is 312. The molecule has 6 heteroatoms. The summed E-state index contributed by atoms with van der Waals surface area (Å²) in [5, 5.41) is 12.6. The van der Waals surface area contributed by atoms with E-state index < -0.39 is 0 Å². The number of hydrogen-bond acceptors (Lipinski definition) is 5. The fourth-order valence-electron chi connectivity index (χ4n) is 1.37. The minimum Gasteiger partial charge on any atom is -0.396 e. The van der Waals surface area contributed by atoms with Gasteiger partial charge in [-0.2, -0.15) is 11.8 Å². The molecule has 1 aromatic rings. The van der Waals surface area contributed by atoms with Crippen molar-refractivity contribution in [2.24, 2.45) is 0 Å². The molecule has 0 unspecified atom stereocenters. The molecule has 0 spiro atoms. The van der Waals surface area contributed by atoms with E-state index in [-0.39, 0.29) is 12.6 Å². The molecule has 90 valence electrons. The summed E-state index contributed by atoms with van der Waals surface area (Å²) >= 11 is 7.57. The summed E-state index contributed by atoms with van der Waals surface area (Å²) in [7, 11) is 0. The van der Waals surface area contributed by atoms with Crippen LogP contribution >= 0.6 is 23.4 Å². The first-order valence-electron chi connectivity index (χ1n) is 5.03. The van der Waals surface area contributed by atoms with Crippen LogP contribution in [0.3, 0.4) is 0 Å². The van der Waals surface area contributed by atoms with Crippen LogP contribution in [0, 0.1) is 6.92 Å². The van der Waals surface area contributed by atoms with Crippen LogP contribution in [0.15, 0.2) is 6.07 Å². The molecule has 1 atom stereocenters. The third-order valence-corrected chi connectivity index (χ3v) is 2.93. The van der Waals surface area contributed by atoms with Crippen molar-refractivity contribution in [2.45, 2.75) is 19.4 Å². The molecule has 4 nitrogen and oxygen atoms in total. The number of aliphatic hydroxyl groups excluding tert-OH is 1. The Morgan fingerprint density at radius 2 is 2.31 bits per heavy atom. The highest BCUT2D eigenvalue weighted by atomic mass is 35.5.